The van der Waals surface area contributed by atoms with E-state index in [1.165, 1.54) is 0 Å². The van der Waals surface area contributed by atoms with Gasteiger partial charge in [0.2, 0.25) is 0 Å². The van der Waals surface area contributed by atoms with Crippen molar-refractivity contribution in [2.24, 2.45) is 11.8 Å². The Morgan fingerprint density at radius 3 is 2.57 bits per heavy atom. The van der Waals surface area contributed by atoms with Crippen LogP contribution in [-0.4, -0.2) is 23.4 Å². The lowest BCUT2D eigenvalue weighted by atomic mass is 9.81. The van der Waals surface area contributed by atoms with Gasteiger partial charge in [0.05, 0.1) is 5.92 Å². The Morgan fingerprint density at radius 1 is 1.43 bits per heavy atom. The first-order valence-electron chi connectivity index (χ1n) is 5.01. The lowest BCUT2D eigenvalue weighted by molar-refractivity contribution is -0.141. The third-order valence-corrected chi connectivity index (χ3v) is 2.91. The van der Waals surface area contributed by atoms with E-state index in [0.29, 0.717) is 12.8 Å². The Morgan fingerprint density at radius 2 is 2.07 bits per heavy atom. The molecular formula is C10H16F2O2. The average molecular weight is 206 g/mol. The number of hydrogen-bond acceptors (Lipinski definition) is 1. The maximum atomic E-state index is 13.0. The molecule has 0 saturated heterocycles. The molecule has 1 aliphatic carbocycles. The second kappa shape index (κ2) is 4.71. The molecule has 0 spiro atoms. The summed E-state index contributed by atoms with van der Waals surface area (Å²) >= 11 is 0. The number of halogens is 2. The summed E-state index contributed by atoms with van der Waals surface area (Å²) in [5.41, 5.74) is 0. The molecule has 0 radical (unpaired) electrons. The van der Waals surface area contributed by atoms with Crippen LogP contribution in [0, 0.1) is 11.8 Å². The van der Waals surface area contributed by atoms with Crippen molar-refractivity contribution in [1.29, 1.82) is 0 Å². The molecule has 14 heavy (non-hydrogen) atoms. The first-order valence-corrected chi connectivity index (χ1v) is 5.01. The van der Waals surface area contributed by atoms with Gasteiger partial charge in [-0.1, -0.05) is 6.92 Å². The minimum atomic E-state index is -1.39. The summed E-state index contributed by atoms with van der Waals surface area (Å²) in [6.07, 6.45) is -1.25. The Hall–Kier alpha value is -0.670. The SMILES string of the molecule is C[C@@H](CC1CCC(F)C(F)C1)C(=O)O. The molecule has 0 amide bonds. The first-order chi connectivity index (χ1) is 6.50. The van der Waals surface area contributed by atoms with E-state index in [1.54, 1.807) is 6.92 Å². The Balaban J connectivity index is 2.36. The highest BCUT2D eigenvalue weighted by atomic mass is 19.2. The summed E-state index contributed by atoms with van der Waals surface area (Å²) in [7, 11) is 0. The number of carboxylic acids is 1. The van der Waals surface area contributed by atoms with E-state index < -0.39 is 24.2 Å². The summed E-state index contributed by atoms with van der Waals surface area (Å²) in [5, 5.41) is 8.66. The van der Waals surface area contributed by atoms with E-state index in [9.17, 15) is 13.6 Å². The summed E-state index contributed by atoms with van der Waals surface area (Å²) in [5.74, 6) is -1.28. The van der Waals surface area contributed by atoms with Crippen molar-refractivity contribution >= 4 is 5.97 Å². The maximum Gasteiger partial charge on any atom is 0.306 e. The van der Waals surface area contributed by atoms with Crippen LogP contribution in [0.3, 0.4) is 0 Å². The molecule has 0 heterocycles. The molecule has 1 N–H and O–H groups in total. The average Bonchev–Trinajstić information content (AvgIpc) is 2.11. The third-order valence-electron chi connectivity index (χ3n) is 2.91. The Kier molecular flexibility index (Phi) is 3.84. The van der Waals surface area contributed by atoms with E-state index in [2.05, 4.69) is 0 Å². The standard InChI is InChI=1S/C10H16F2O2/c1-6(10(13)14)4-7-2-3-8(11)9(12)5-7/h6-9H,2-5H2,1H3,(H,13,14)/t6-,7?,8?,9?/m0/s1. The van der Waals surface area contributed by atoms with Gasteiger partial charge in [0.15, 0.2) is 0 Å². The molecule has 1 fully saturated rings. The number of hydrogen-bond donors (Lipinski definition) is 1. The van der Waals surface area contributed by atoms with E-state index in [0.717, 1.165) is 0 Å². The molecule has 2 nitrogen and oxygen atoms in total. The molecular weight excluding hydrogens is 190 g/mol. The number of carboxylic acid groups (broad SMARTS) is 1. The number of rotatable bonds is 3. The van der Waals surface area contributed by atoms with Crippen molar-refractivity contribution in [2.45, 2.75) is 45.0 Å². The topological polar surface area (TPSA) is 37.3 Å². The second-order valence-corrected chi connectivity index (χ2v) is 4.19. The minimum Gasteiger partial charge on any atom is -0.481 e. The quantitative estimate of drug-likeness (QED) is 0.770. The van der Waals surface area contributed by atoms with Crippen LogP contribution in [0.5, 0.6) is 0 Å². The van der Waals surface area contributed by atoms with Gasteiger partial charge < -0.3 is 5.11 Å². The highest BCUT2D eigenvalue weighted by molar-refractivity contribution is 5.69. The van der Waals surface area contributed by atoms with Crippen LogP contribution >= 0.6 is 0 Å². The predicted octanol–water partition coefficient (Wildman–Crippen LogP) is 2.57. The highest BCUT2D eigenvalue weighted by Crippen LogP contribution is 2.32. The van der Waals surface area contributed by atoms with E-state index in [-0.39, 0.29) is 18.8 Å². The van der Waals surface area contributed by atoms with Gasteiger partial charge in [0.25, 0.3) is 0 Å². The van der Waals surface area contributed by atoms with Crippen LogP contribution in [0.2, 0.25) is 0 Å². The summed E-state index contributed by atoms with van der Waals surface area (Å²) in [6, 6.07) is 0. The van der Waals surface area contributed by atoms with Crippen LogP contribution in [0.1, 0.15) is 32.6 Å². The van der Waals surface area contributed by atoms with Crippen molar-refractivity contribution in [3.63, 3.8) is 0 Å². The van der Waals surface area contributed by atoms with Gasteiger partial charge in [0, 0.05) is 0 Å². The number of carbonyl (C=O) groups is 1. The van der Waals surface area contributed by atoms with Gasteiger partial charge in [-0.2, -0.15) is 0 Å². The molecule has 0 aliphatic heterocycles. The fourth-order valence-electron chi connectivity index (χ4n) is 1.97. The largest absolute Gasteiger partial charge is 0.481 e. The summed E-state index contributed by atoms with van der Waals surface area (Å²) in [4.78, 5) is 10.6. The summed E-state index contributed by atoms with van der Waals surface area (Å²) < 4.78 is 25.7. The smallest absolute Gasteiger partial charge is 0.306 e. The van der Waals surface area contributed by atoms with E-state index in [4.69, 9.17) is 5.11 Å². The normalized spacial score (nSPS) is 35.2. The molecule has 1 rings (SSSR count). The number of alkyl halides is 2. The Bertz CT molecular complexity index is 208. The zero-order valence-corrected chi connectivity index (χ0v) is 8.25. The van der Waals surface area contributed by atoms with Gasteiger partial charge in [-0.3, -0.25) is 4.79 Å². The molecule has 82 valence electrons. The zero-order chi connectivity index (χ0) is 10.7. The van der Waals surface area contributed by atoms with Gasteiger partial charge in [-0.15, -0.1) is 0 Å². The van der Waals surface area contributed by atoms with Gasteiger partial charge in [-0.05, 0) is 31.6 Å². The van der Waals surface area contributed by atoms with E-state index >= 15 is 0 Å². The lowest BCUT2D eigenvalue weighted by Gasteiger charge is -2.28. The maximum absolute atomic E-state index is 13.0. The molecule has 3 unspecified atom stereocenters. The second-order valence-electron chi connectivity index (χ2n) is 4.19. The Labute approximate surface area is 82.3 Å². The van der Waals surface area contributed by atoms with Crippen LogP contribution in [0.15, 0.2) is 0 Å². The van der Waals surface area contributed by atoms with Gasteiger partial charge >= 0.3 is 5.97 Å². The van der Waals surface area contributed by atoms with Crippen LogP contribution in [0.25, 0.3) is 0 Å². The van der Waals surface area contributed by atoms with Crippen molar-refractivity contribution in [1.82, 2.24) is 0 Å². The predicted molar refractivity (Wildman–Crippen MR) is 48.5 cm³/mol. The van der Waals surface area contributed by atoms with Crippen LogP contribution in [-0.2, 0) is 4.79 Å². The van der Waals surface area contributed by atoms with Crippen LogP contribution < -0.4 is 0 Å². The van der Waals surface area contributed by atoms with Crippen molar-refractivity contribution in [3.8, 4) is 0 Å². The molecule has 0 aromatic carbocycles. The van der Waals surface area contributed by atoms with Crippen LogP contribution in [0.4, 0.5) is 8.78 Å². The molecule has 0 bridgehead atoms. The number of aliphatic carboxylic acids is 1. The van der Waals surface area contributed by atoms with Crippen molar-refractivity contribution in [2.75, 3.05) is 0 Å². The van der Waals surface area contributed by atoms with Gasteiger partial charge in [0.1, 0.15) is 12.3 Å². The molecule has 4 heteroatoms. The monoisotopic (exact) mass is 206 g/mol. The molecule has 1 saturated carbocycles. The molecule has 0 aromatic rings. The fourth-order valence-corrected chi connectivity index (χ4v) is 1.97. The van der Waals surface area contributed by atoms with Gasteiger partial charge in [-0.25, -0.2) is 8.78 Å². The highest BCUT2D eigenvalue weighted by Gasteiger charge is 2.31. The first kappa shape index (κ1) is 11.4. The summed E-state index contributed by atoms with van der Waals surface area (Å²) in [6.45, 7) is 1.61. The van der Waals surface area contributed by atoms with E-state index in [1.807, 2.05) is 0 Å². The minimum absolute atomic E-state index is 0.0306. The zero-order valence-electron chi connectivity index (χ0n) is 8.25. The lowest BCUT2D eigenvalue weighted by Crippen LogP contribution is -2.29. The van der Waals surface area contributed by atoms with Crippen molar-refractivity contribution < 1.29 is 18.7 Å². The molecule has 4 atom stereocenters. The molecule has 0 aromatic heterocycles. The third kappa shape index (κ3) is 2.93. The van der Waals surface area contributed by atoms with Crippen molar-refractivity contribution in [3.05, 3.63) is 0 Å². The molecule has 1 aliphatic rings. The fraction of sp³-hybridized carbons (Fsp3) is 0.900.